The van der Waals surface area contributed by atoms with E-state index in [2.05, 4.69) is 33.0 Å². The maximum absolute atomic E-state index is 5.56. The average molecular weight is 233 g/mol. The molecule has 0 unspecified atom stereocenters. The lowest BCUT2D eigenvalue weighted by Gasteiger charge is -2.06. The van der Waals surface area contributed by atoms with Crippen LogP contribution >= 0.6 is 0 Å². The van der Waals surface area contributed by atoms with E-state index in [0.29, 0.717) is 12.4 Å². The van der Waals surface area contributed by atoms with Crippen LogP contribution in [0.25, 0.3) is 0 Å². The predicted molar refractivity (Wildman–Crippen MR) is 62.5 cm³/mol. The van der Waals surface area contributed by atoms with Crippen molar-refractivity contribution in [3.05, 3.63) is 42.0 Å². The summed E-state index contributed by atoms with van der Waals surface area (Å²) >= 11 is 0. The van der Waals surface area contributed by atoms with Gasteiger partial charge in [-0.15, -0.1) is 0 Å². The first-order valence-corrected chi connectivity index (χ1v) is 5.56. The molecule has 0 saturated heterocycles. The summed E-state index contributed by atoms with van der Waals surface area (Å²) in [6.45, 7) is 4.20. The summed E-state index contributed by atoms with van der Waals surface area (Å²) in [6.07, 6.45) is 1.29. The molecule has 0 fully saturated rings. The fraction of sp³-hybridized carbons (Fsp3) is 0.333. The van der Waals surface area contributed by atoms with Crippen molar-refractivity contribution in [1.29, 1.82) is 0 Å². The largest absolute Gasteiger partial charge is 0.485 e. The van der Waals surface area contributed by atoms with Crippen LogP contribution in [0.5, 0.6) is 5.75 Å². The van der Waals surface area contributed by atoms with Gasteiger partial charge in [-0.05, 0) is 24.2 Å². The molecular formula is C12H15N3O2. The molecule has 2 rings (SSSR count). The SMILES string of the molecule is CCNCc1cccc(OCc2ncon2)c1. The Labute approximate surface area is 99.8 Å². The monoisotopic (exact) mass is 233 g/mol. The van der Waals surface area contributed by atoms with E-state index in [1.54, 1.807) is 0 Å². The standard InChI is InChI=1S/C12H15N3O2/c1-2-13-7-10-4-3-5-11(6-10)16-8-12-14-9-17-15-12/h3-6,9,13H,2,7-8H2,1H3. The van der Waals surface area contributed by atoms with Gasteiger partial charge in [0, 0.05) is 6.54 Å². The minimum atomic E-state index is 0.321. The van der Waals surface area contributed by atoms with Crippen LogP contribution < -0.4 is 10.1 Å². The number of hydrogen-bond acceptors (Lipinski definition) is 5. The van der Waals surface area contributed by atoms with Crippen molar-refractivity contribution in [2.75, 3.05) is 6.54 Å². The van der Waals surface area contributed by atoms with E-state index in [0.717, 1.165) is 18.8 Å². The van der Waals surface area contributed by atoms with Crippen molar-refractivity contribution in [3.63, 3.8) is 0 Å². The van der Waals surface area contributed by atoms with E-state index in [4.69, 9.17) is 4.74 Å². The lowest BCUT2D eigenvalue weighted by Crippen LogP contribution is -2.11. The van der Waals surface area contributed by atoms with Gasteiger partial charge >= 0.3 is 0 Å². The van der Waals surface area contributed by atoms with E-state index in [1.165, 1.54) is 12.0 Å². The Bertz CT molecular complexity index is 443. The normalized spacial score (nSPS) is 10.4. The molecule has 1 aromatic heterocycles. The van der Waals surface area contributed by atoms with Crippen LogP contribution in [0.2, 0.25) is 0 Å². The number of aromatic nitrogens is 2. The van der Waals surface area contributed by atoms with Gasteiger partial charge in [-0.3, -0.25) is 0 Å². The lowest BCUT2D eigenvalue weighted by atomic mass is 10.2. The minimum Gasteiger partial charge on any atom is -0.485 e. The molecule has 0 spiro atoms. The maximum Gasteiger partial charge on any atom is 0.213 e. The van der Waals surface area contributed by atoms with Crippen molar-refractivity contribution in [2.24, 2.45) is 0 Å². The van der Waals surface area contributed by atoms with Crippen LogP contribution in [0, 0.1) is 0 Å². The van der Waals surface area contributed by atoms with E-state index < -0.39 is 0 Å². The summed E-state index contributed by atoms with van der Waals surface area (Å²) < 4.78 is 10.2. The van der Waals surface area contributed by atoms with E-state index >= 15 is 0 Å². The van der Waals surface area contributed by atoms with E-state index in [1.807, 2.05) is 18.2 Å². The molecule has 0 bridgehead atoms. The quantitative estimate of drug-likeness (QED) is 0.823. The summed E-state index contributed by atoms with van der Waals surface area (Å²) in [6, 6.07) is 7.94. The number of nitrogens with zero attached hydrogens (tertiary/aromatic N) is 2. The van der Waals surface area contributed by atoms with Crippen molar-refractivity contribution in [3.8, 4) is 5.75 Å². The molecule has 0 amide bonds. The highest BCUT2D eigenvalue weighted by Crippen LogP contribution is 2.14. The molecule has 0 aliphatic heterocycles. The Hall–Kier alpha value is -1.88. The van der Waals surface area contributed by atoms with Crippen LogP contribution in [0.1, 0.15) is 18.3 Å². The summed E-state index contributed by atoms with van der Waals surface area (Å²) in [5, 5.41) is 6.95. The highest BCUT2D eigenvalue weighted by molar-refractivity contribution is 5.28. The molecule has 1 heterocycles. The Morgan fingerprint density at radius 1 is 1.41 bits per heavy atom. The lowest BCUT2D eigenvalue weighted by molar-refractivity contribution is 0.286. The van der Waals surface area contributed by atoms with Crippen LogP contribution in [0.15, 0.2) is 35.2 Å². The number of hydrogen-bond donors (Lipinski definition) is 1. The fourth-order valence-corrected chi connectivity index (χ4v) is 1.42. The van der Waals surface area contributed by atoms with Gasteiger partial charge in [0.05, 0.1) is 0 Å². The molecule has 1 aromatic carbocycles. The van der Waals surface area contributed by atoms with E-state index in [-0.39, 0.29) is 0 Å². The molecule has 0 aliphatic carbocycles. The second-order valence-electron chi connectivity index (χ2n) is 3.56. The molecule has 17 heavy (non-hydrogen) atoms. The maximum atomic E-state index is 5.56. The molecule has 0 atom stereocenters. The van der Waals surface area contributed by atoms with Gasteiger partial charge in [-0.25, -0.2) is 0 Å². The second-order valence-corrected chi connectivity index (χ2v) is 3.56. The molecule has 5 nitrogen and oxygen atoms in total. The zero-order chi connectivity index (χ0) is 11.9. The smallest absolute Gasteiger partial charge is 0.213 e. The molecule has 0 aliphatic rings. The Morgan fingerprint density at radius 3 is 3.12 bits per heavy atom. The number of nitrogens with one attached hydrogen (secondary N) is 1. The Kier molecular flexibility index (Phi) is 4.10. The topological polar surface area (TPSA) is 60.2 Å². The van der Waals surface area contributed by atoms with E-state index in [9.17, 15) is 0 Å². The van der Waals surface area contributed by atoms with Gasteiger partial charge in [-0.2, -0.15) is 4.98 Å². The molecule has 1 N–H and O–H groups in total. The molecule has 5 heteroatoms. The molecule has 0 saturated carbocycles. The first kappa shape index (κ1) is 11.6. The number of benzene rings is 1. The van der Waals surface area contributed by atoms with Crippen LogP contribution in [0.3, 0.4) is 0 Å². The van der Waals surface area contributed by atoms with Gasteiger partial charge in [0.2, 0.25) is 12.2 Å². The first-order valence-electron chi connectivity index (χ1n) is 5.56. The summed E-state index contributed by atoms with van der Waals surface area (Å²) in [4.78, 5) is 3.89. The van der Waals surface area contributed by atoms with Gasteiger partial charge < -0.3 is 14.6 Å². The predicted octanol–water partition coefficient (Wildman–Crippen LogP) is 1.76. The average Bonchev–Trinajstić information content (AvgIpc) is 2.87. The number of ether oxygens (including phenoxy) is 1. The Morgan fingerprint density at radius 2 is 2.35 bits per heavy atom. The van der Waals surface area contributed by atoms with Crippen molar-refractivity contribution < 1.29 is 9.26 Å². The third-order valence-corrected chi connectivity index (χ3v) is 2.25. The van der Waals surface area contributed by atoms with Crippen molar-refractivity contribution in [1.82, 2.24) is 15.5 Å². The fourth-order valence-electron chi connectivity index (χ4n) is 1.42. The van der Waals surface area contributed by atoms with Crippen LogP contribution in [0.4, 0.5) is 0 Å². The summed E-state index contributed by atoms with van der Waals surface area (Å²) in [5.74, 6) is 1.35. The third kappa shape index (κ3) is 3.57. The minimum absolute atomic E-state index is 0.321. The molecule has 0 radical (unpaired) electrons. The summed E-state index contributed by atoms with van der Waals surface area (Å²) in [5.41, 5.74) is 1.19. The third-order valence-electron chi connectivity index (χ3n) is 2.25. The molecular weight excluding hydrogens is 218 g/mol. The van der Waals surface area contributed by atoms with Crippen LogP contribution in [-0.2, 0) is 13.2 Å². The number of rotatable bonds is 6. The first-order chi connectivity index (χ1) is 8.38. The van der Waals surface area contributed by atoms with Crippen LogP contribution in [-0.4, -0.2) is 16.7 Å². The molecule has 90 valence electrons. The van der Waals surface area contributed by atoms with Crippen molar-refractivity contribution >= 4 is 0 Å². The zero-order valence-corrected chi connectivity index (χ0v) is 9.72. The molecule has 2 aromatic rings. The Balaban J connectivity index is 1.91. The van der Waals surface area contributed by atoms with Crippen molar-refractivity contribution in [2.45, 2.75) is 20.1 Å². The highest BCUT2D eigenvalue weighted by Gasteiger charge is 2.01. The zero-order valence-electron chi connectivity index (χ0n) is 9.72. The van der Waals surface area contributed by atoms with Gasteiger partial charge in [0.1, 0.15) is 5.75 Å². The highest BCUT2D eigenvalue weighted by atomic mass is 16.5. The van der Waals surface area contributed by atoms with Gasteiger partial charge in [0.25, 0.3) is 0 Å². The second kappa shape index (κ2) is 6.00. The van der Waals surface area contributed by atoms with Gasteiger partial charge in [-0.1, -0.05) is 24.2 Å². The van der Waals surface area contributed by atoms with Gasteiger partial charge in [0.15, 0.2) is 6.61 Å². The summed E-state index contributed by atoms with van der Waals surface area (Å²) in [7, 11) is 0.